The molecule has 2 aliphatic heterocycles. The Balaban J connectivity index is 1.49. The van der Waals surface area contributed by atoms with Gasteiger partial charge in [-0.25, -0.2) is 4.79 Å². The molecule has 2 aliphatic rings. The monoisotopic (exact) mass is 380 g/mol. The van der Waals surface area contributed by atoms with Crippen molar-refractivity contribution in [1.29, 1.82) is 0 Å². The van der Waals surface area contributed by atoms with Gasteiger partial charge in [-0.15, -0.1) is 0 Å². The van der Waals surface area contributed by atoms with Gasteiger partial charge in [0.1, 0.15) is 18.3 Å². The number of hydrogen-bond donors (Lipinski definition) is 1. The van der Waals surface area contributed by atoms with Crippen molar-refractivity contribution >= 4 is 20.9 Å². The van der Waals surface area contributed by atoms with E-state index >= 15 is 0 Å². The highest BCUT2D eigenvalue weighted by Crippen LogP contribution is 2.47. The van der Waals surface area contributed by atoms with Gasteiger partial charge in [-0.2, -0.15) is 0 Å². The highest BCUT2D eigenvalue weighted by atomic mass is 31.2. The average Bonchev–Trinajstić information content (AvgIpc) is 3.15. The molecule has 2 heterocycles. The Morgan fingerprint density at radius 3 is 3.08 bits per heavy atom. The fourth-order valence-corrected chi connectivity index (χ4v) is 3.77. The Kier molecular flexibility index (Phi) is 6.57. The molecule has 0 radical (unpaired) electrons. The van der Waals surface area contributed by atoms with E-state index < -0.39 is 14.8 Å². The SMILES string of the molecule is CNC(=O)N(/C=C\C=O)C1CCC(COP2OCc3ccccc3O2)O1. The van der Waals surface area contributed by atoms with Crippen LogP contribution in [-0.4, -0.2) is 43.2 Å². The third-order valence-electron chi connectivity index (χ3n) is 4.01. The molecule has 0 spiro atoms. The first-order valence-electron chi connectivity index (χ1n) is 8.30. The zero-order chi connectivity index (χ0) is 18.4. The highest BCUT2D eigenvalue weighted by molar-refractivity contribution is 7.42. The van der Waals surface area contributed by atoms with Gasteiger partial charge in [0.25, 0.3) is 0 Å². The average molecular weight is 380 g/mol. The van der Waals surface area contributed by atoms with Crippen LogP contribution in [0.2, 0.25) is 0 Å². The molecule has 3 atom stereocenters. The van der Waals surface area contributed by atoms with Crippen molar-refractivity contribution in [2.24, 2.45) is 0 Å². The van der Waals surface area contributed by atoms with E-state index in [1.807, 2.05) is 24.3 Å². The van der Waals surface area contributed by atoms with Gasteiger partial charge in [0.05, 0.1) is 19.3 Å². The van der Waals surface area contributed by atoms with E-state index in [0.29, 0.717) is 25.9 Å². The second kappa shape index (κ2) is 9.09. The molecule has 0 bridgehead atoms. The highest BCUT2D eigenvalue weighted by Gasteiger charge is 2.33. The molecule has 140 valence electrons. The van der Waals surface area contributed by atoms with E-state index in [1.165, 1.54) is 24.2 Å². The Bertz CT molecular complexity index is 670. The summed E-state index contributed by atoms with van der Waals surface area (Å²) in [5.74, 6) is 0.778. The summed E-state index contributed by atoms with van der Waals surface area (Å²) in [5, 5.41) is 2.53. The van der Waals surface area contributed by atoms with Crippen LogP contribution in [0.25, 0.3) is 0 Å². The molecule has 1 aromatic rings. The van der Waals surface area contributed by atoms with Gasteiger partial charge in [0.15, 0.2) is 0 Å². The summed E-state index contributed by atoms with van der Waals surface area (Å²) in [6.07, 6.45) is 4.04. The van der Waals surface area contributed by atoms with Crippen molar-refractivity contribution in [3.8, 4) is 5.75 Å². The molecule has 1 aromatic carbocycles. The first-order chi connectivity index (χ1) is 12.7. The first kappa shape index (κ1) is 18.8. The summed E-state index contributed by atoms with van der Waals surface area (Å²) in [5.41, 5.74) is 0.996. The lowest BCUT2D eigenvalue weighted by Gasteiger charge is -2.26. The van der Waals surface area contributed by atoms with Crippen molar-refractivity contribution in [3.05, 3.63) is 42.1 Å². The summed E-state index contributed by atoms with van der Waals surface area (Å²) >= 11 is 0. The number of allylic oxidation sites excluding steroid dienone is 1. The standard InChI is InChI=1S/C17H21N2O6P/c1-18-17(21)19(9-4-10-20)16-8-7-14(24-16)12-23-26-22-11-13-5-2-3-6-15(13)25-26/h2-6,9-10,14,16H,7-8,11-12H2,1H3,(H,18,21)/b9-4-. The zero-order valence-corrected chi connectivity index (χ0v) is 15.3. The molecule has 0 aromatic heterocycles. The maximum absolute atomic E-state index is 11.9. The minimum Gasteiger partial charge on any atom is -0.426 e. The summed E-state index contributed by atoms with van der Waals surface area (Å²) in [6, 6.07) is 7.34. The molecular weight excluding hydrogens is 359 g/mol. The van der Waals surface area contributed by atoms with Crippen LogP contribution in [0, 0.1) is 0 Å². The van der Waals surface area contributed by atoms with E-state index in [0.717, 1.165) is 17.7 Å². The Morgan fingerprint density at radius 1 is 1.42 bits per heavy atom. The number of rotatable bonds is 6. The summed E-state index contributed by atoms with van der Waals surface area (Å²) in [6.45, 7) is 0.764. The third-order valence-corrected chi connectivity index (χ3v) is 5.05. The van der Waals surface area contributed by atoms with Crippen LogP contribution >= 0.6 is 8.60 Å². The second-order valence-corrected chi connectivity index (χ2v) is 6.87. The molecule has 1 N–H and O–H groups in total. The molecule has 3 rings (SSSR count). The smallest absolute Gasteiger partial charge is 0.397 e. The predicted molar refractivity (Wildman–Crippen MR) is 94.1 cm³/mol. The molecule has 9 heteroatoms. The maximum Gasteiger partial charge on any atom is 0.397 e. The number of para-hydroxylation sites is 1. The number of aldehydes is 1. The molecule has 3 unspecified atom stereocenters. The van der Waals surface area contributed by atoms with Gasteiger partial charge in [-0.3, -0.25) is 18.7 Å². The number of benzene rings is 1. The normalized spacial score (nSPS) is 24.7. The topological polar surface area (TPSA) is 86.3 Å². The van der Waals surface area contributed by atoms with Crippen LogP contribution in [0.1, 0.15) is 18.4 Å². The van der Waals surface area contributed by atoms with Crippen molar-refractivity contribution < 1.29 is 27.9 Å². The molecule has 2 amide bonds. The number of ether oxygens (including phenoxy) is 1. The molecule has 1 saturated heterocycles. The molecule has 0 aliphatic carbocycles. The number of carbonyl (C=O) groups is 2. The van der Waals surface area contributed by atoms with Gasteiger partial charge < -0.3 is 14.6 Å². The van der Waals surface area contributed by atoms with Crippen molar-refractivity contribution in [1.82, 2.24) is 10.2 Å². The van der Waals surface area contributed by atoms with Crippen molar-refractivity contribution in [2.45, 2.75) is 31.8 Å². The molecule has 0 saturated carbocycles. The second-order valence-electron chi connectivity index (χ2n) is 5.72. The van der Waals surface area contributed by atoms with Gasteiger partial charge >= 0.3 is 14.6 Å². The van der Waals surface area contributed by atoms with Crippen LogP contribution < -0.4 is 9.84 Å². The number of nitrogens with one attached hydrogen (secondary N) is 1. The fourth-order valence-electron chi connectivity index (χ4n) is 2.71. The minimum atomic E-state index is -1.46. The molecule has 26 heavy (non-hydrogen) atoms. The van der Waals surface area contributed by atoms with Crippen molar-refractivity contribution in [3.63, 3.8) is 0 Å². The predicted octanol–water partition coefficient (Wildman–Crippen LogP) is 2.70. The summed E-state index contributed by atoms with van der Waals surface area (Å²) in [4.78, 5) is 23.8. The van der Waals surface area contributed by atoms with Gasteiger partial charge in [-0.1, -0.05) is 18.2 Å². The van der Waals surface area contributed by atoms with Gasteiger partial charge in [0.2, 0.25) is 0 Å². The lowest BCUT2D eigenvalue weighted by molar-refractivity contribution is -0.104. The number of carbonyl (C=O) groups excluding carboxylic acids is 2. The molecule has 1 fully saturated rings. The van der Waals surface area contributed by atoms with E-state index in [1.54, 1.807) is 0 Å². The third kappa shape index (κ3) is 4.59. The van der Waals surface area contributed by atoms with Crippen LogP contribution in [0.4, 0.5) is 4.79 Å². The van der Waals surface area contributed by atoms with E-state index in [9.17, 15) is 9.59 Å². The first-order valence-corrected chi connectivity index (χ1v) is 9.40. The molecule has 8 nitrogen and oxygen atoms in total. The Labute approximate surface area is 153 Å². The number of fused-ring (bicyclic) bond motifs is 1. The van der Waals surface area contributed by atoms with Crippen molar-refractivity contribution in [2.75, 3.05) is 13.7 Å². The minimum absolute atomic E-state index is 0.177. The number of amides is 2. The van der Waals surface area contributed by atoms with Crippen LogP contribution in [-0.2, 0) is 25.2 Å². The number of hydrogen-bond acceptors (Lipinski definition) is 6. The zero-order valence-electron chi connectivity index (χ0n) is 14.4. The number of nitrogens with zero attached hydrogens (tertiary/aromatic N) is 1. The largest absolute Gasteiger partial charge is 0.426 e. The van der Waals surface area contributed by atoms with Gasteiger partial charge in [0, 0.05) is 18.8 Å². The Hall–Kier alpha value is -1.99. The van der Waals surface area contributed by atoms with E-state index in [-0.39, 0.29) is 12.1 Å². The Morgan fingerprint density at radius 2 is 2.27 bits per heavy atom. The lowest BCUT2D eigenvalue weighted by Crippen LogP contribution is -2.41. The van der Waals surface area contributed by atoms with E-state index in [4.69, 9.17) is 18.3 Å². The summed E-state index contributed by atoms with van der Waals surface area (Å²) < 4.78 is 22.9. The van der Waals surface area contributed by atoms with Gasteiger partial charge in [-0.05, 0) is 25.0 Å². The quantitative estimate of drug-likeness (QED) is 0.464. The van der Waals surface area contributed by atoms with Crippen LogP contribution in [0.5, 0.6) is 5.75 Å². The fraction of sp³-hybridized carbons (Fsp3) is 0.412. The number of urea groups is 1. The lowest BCUT2D eigenvalue weighted by atomic mass is 10.2. The molecular formula is C17H21N2O6P. The van der Waals surface area contributed by atoms with Crippen LogP contribution in [0.3, 0.4) is 0 Å². The maximum atomic E-state index is 11.9. The van der Waals surface area contributed by atoms with E-state index in [2.05, 4.69) is 5.32 Å². The van der Waals surface area contributed by atoms with Crippen LogP contribution in [0.15, 0.2) is 36.5 Å². The summed E-state index contributed by atoms with van der Waals surface area (Å²) in [7, 11) is 0.0634.